The summed E-state index contributed by atoms with van der Waals surface area (Å²) in [5, 5.41) is 64.8. The minimum absolute atomic E-state index is 0.103. The largest absolute Gasteiger partial charge is 0.498 e. The van der Waals surface area contributed by atoms with Crippen LogP contribution >= 0.6 is 0 Å². The Morgan fingerprint density at radius 3 is 0.767 bits per heavy atom. The highest BCUT2D eigenvalue weighted by atomic mass is 16.6. The standard InChI is InChI=1S/C52H60N6O7.C36H36N2O7.C5H9N/c1-5-41(37-53)35-39(3)47-55-49(57-64-47)51(43-19-11-7-12-20-43,44-21-13-8-14-22-44)62-33-31-60-29-27-59-28-30-61-32-34-63-52(45-23-15-9-16-24-45,46-25-17-10-18-26-46)50-56-48(65-58-50)40(4)36-42(6-2)38-54;39-37-29-35(31-13-5-1-6-14-31,32-15-7-2-8-16-32)44-27-25-42-23-21-41-22-24-43-26-28-45-36(30-38-40,33-17-9-3-10-18-33)34-19-11-4-12-20-34;1-3-5(2)4-6/h7-26,39-42H,5-6,27-36H2,1-4H3;1-20H,21-28H2;5H,3H2,1-2H3. The van der Waals surface area contributed by atoms with E-state index in [1.165, 1.54) is 0 Å². The molecular weight excluding hydrogens is 1470 g/mol. The summed E-state index contributed by atoms with van der Waals surface area (Å²) >= 11 is 0. The van der Waals surface area contributed by atoms with Crippen molar-refractivity contribution in [2.45, 2.75) is 108 Å². The average molecular weight is 1570 g/mol. The number of ether oxygens (including phenoxy) is 10. The molecule has 0 saturated carbocycles. The van der Waals surface area contributed by atoms with Crippen LogP contribution in [0.25, 0.3) is 10.0 Å². The molecule has 10 rings (SSSR count). The van der Waals surface area contributed by atoms with Crippen LogP contribution in [0.1, 0.15) is 153 Å². The summed E-state index contributed by atoms with van der Waals surface area (Å²) in [6.07, 6.45) is 3.71. The third-order valence-corrected chi connectivity index (χ3v) is 19.3. The topological polar surface area (TPSA) is 296 Å². The van der Waals surface area contributed by atoms with Crippen molar-refractivity contribution in [3.8, 4) is 30.3 Å². The van der Waals surface area contributed by atoms with Crippen LogP contribution in [0.15, 0.2) is 252 Å². The molecule has 8 aromatic carbocycles. The Morgan fingerprint density at radius 2 is 0.560 bits per heavy atom. The first-order chi connectivity index (χ1) is 56.9. The molecule has 0 aliphatic rings. The van der Waals surface area contributed by atoms with Crippen molar-refractivity contribution in [2.24, 2.45) is 17.8 Å². The summed E-state index contributed by atoms with van der Waals surface area (Å²) in [5.41, 5.74) is 1.54. The fraction of sp³-hybridized carbons (Fsp3) is 0.387. The number of benzene rings is 8. The molecule has 2 heterocycles. The number of hydrogen-bond donors (Lipinski definition) is 0. The van der Waals surface area contributed by atoms with Crippen LogP contribution in [0.4, 0.5) is 0 Å². The van der Waals surface area contributed by atoms with Crippen molar-refractivity contribution in [3.05, 3.63) is 331 Å². The highest BCUT2D eigenvalue weighted by Gasteiger charge is 2.46. The Labute approximate surface area is 681 Å². The molecule has 5 unspecified atom stereocenters. The van der Waals surface area contributed by atoms with Gasteiger partial charge in [-0.3, -0.25) is 0 Å². The van der Waals surface area contributed by atoms with Gasteiger partial charge in [-0.25, -0.2) is 0 Å². The minimum Gasteiger partial charge on any atom is -0.498 e. The van der Waals surface area contributed by atoms with Crippen LogP contribution in [0.3, 0.4) is 0 Å². The molecule has 2 aromatic heterocycles. The molecule has 0 N–H and O–H groups in total. The van der Waals surface area contributed by atoms with Gasteiger partial charge in [-0.1, -0.05) is 288 Å². The summed E-state index contributed by atoms with van der Waals surface area (Å²) in [6, 6.07) is 89.1. The van der Waals surface area contributed by atoms with E-state index in [4.69, 9.17) is 71.6 Å². The van der Waals surface area contributed by atoms with Crippen LogP contribution in [0.5, 0.6) is 0 Å². The third kappa shape index (κ3) is 25.8. The molecule has 0 radical (unpaired) electrons. The van der Waals surface area contributed by atoms with Gasteiger partial charge < -0.3 is 66.8 Å². The maximum absolute atomic E-state index is 11.3. The van der Waals surface area contributed by atoms with Gasteiger partial charge in [0.1, 0.15) is 0 Å². The first-order valence-corrected chi connectivity index (χ1v) is 39.5. The zero-order chi connectivity index (χ0) is 82.2. The van der Waals surface area contributed by atoms with Crippen molar-refractivity contribution < 1.29 is 56.4 Å². The van der Waals surface area contributed by atoms with E-state index >= 15 is 0 Å². The highest BCUT2D eigenvalue weighted by Crippen LogP contribution is 2.43. The van der Waals surface area contributed by atoms with Crippen LogP contribution in [0.2, 0.25) is 0 Å². The van der Waals surface area contributed by atoms with Gasteiger partial charge in [0.25, 0.3) is 11.2 Å². The van der Waals surface area contributed by atoms with E-state index in [0.717, 1.165) is 63.8 Å². The molecule has 23 heteroatoms. The van der Waals surface area contributed by atoms with Crippen LogP contribution in [0, 0.1) is 74.3 Å². The lowest BCUT2D eigenvalue weighted by atomic mass is 9.85. The molecule has 0 aliphatic carbocycles. The molecule has 0 aliphatic heterocycles. The summed E-state index contributed by atoms with van der Waals surface area (Å²) in [6.45, 7) is 16.9. The molecule has 5 atom stereocenters. The van der Waals surface area contributed by atoms with E-state index in [9.17, 15) is 20.9 Å². The minimum atomic E-state index is -1.24. The van der Waals surface area contributed by atoms with Gasteiger partial charge in [0, 0.05) is 61.9 Å². The van der Waals surface area contributed by atoms with Gasteiger partial charge in [0.2, 0.25) is 23.4 Å². The molecule has 0 saturated heterocycles. The fourth-order valence-corrected chi connectivity index (χ4v) is 12.8. The van der Waals surface area contributed by atoms with Gasteiger partial charge in [-0.2, -0.15) is 25.8 Å². The lowest BCUT2D eigenvalue weighted by Gasteiger charge is -2.32. The van der Waals surface area contributed by atoms with Crippen molar-refractivity contribution in [3.63, 3.8) is 0 Å². The quantitative estimate of drug-likeness (QED) is 0.0253. The number of aromatic nitrogens is 4. The maximum atomic E-state index is 11.3. The molecule has 606 valence electrons. The molecule has 23 nitrogen and oxygen atoms in total. The van der Waals surface area contributed by atoms with Crippen LogP contribution in [-0.2, 0) is 69.8 Å². The van der Waals surface area contributed by atoms with Crippen molar-refractivity contribution in [2.75, 3.05) is 106 Å². The molecule has 116 heavy (non-hydrogen) atoms. The molecule has 0 spiro atoms. The Hall–Kier alpha value is -11.3. The van der Waals surface area contributed by atoms with Crippen molar-refractivity contribution in [1.29, 1.82) is 15.8 Å². The van der Waals surface area contributed by atoms with E-state index in [1.807, 2.05) is 284 Å². The molecule has 0 amide bonds. The number of hydrogen-bond acceptors (Lipinski definition) is 21. The lowest BCUT2D eigenvalue weighted by molar-refractivity contribution is -0.0490. The Balaban J connectivity index is 0.000000286. The van der Waals surface area contributed by atoms with Gasteiger partial charge in [0.15, 0.2) is 11.2 Å². The maximum Gasteiger partial charge on any atom is 0.344 e. The zero-order valence-electron chi connectivity index (χ0n) is 67.1. The molecule has 0 fully saturated rings. The Morgan fingerprint density at radius 1 is 0.328 bits per heavy atom. The molecule has 0 bridgehead atoms. The second kappa shape index (κ2) is 50.1. The number of rotatable bonds is 47. The summed E-state index contributed by atoms with van der Waals surface area (Å²) < 4.78 is 72.4. The van der Waals surface area contributed by atoms with Gasteiger partial charge in [0.05, 0.1) is 124 Å². The smallest absolute Gasteiger partial charge is 0.344 e. The molecule has 10 aromatic rings. The van der Waals surface area contributed by atoms with Crippen LogP contribution in [-0.4, -0.2) is 126 Å². The zero-order valence-corrected chi connectivity index (χ0v) is 67.1. The second-order valence-corrected chi connectivity index (χ2v) is 27.2. The van der Waals surface area contributed by atoms with E-state index in [2.05, 4.69) is 50.7 Å². The van der Waals surface area contributed by atoms with Gasteiger partial charge in [-0.15, -0.1) is 0 Å². The number of nitriles is 3. The third-order valence-electron chi connectivity index (χ3n) is 19.3. The summed E-state index contributed by atoms with van der Waals surface area (Å²) in [5.74, 6) is 1.52. The van der Waals surface area contributed by atoms with Gasteiger partial charge in [-0.05, 0) is 61.3 Å². The van der Waals surface area contributed by atoms with Crippen molar-refractivity contribution >= 4 is 0 Å². The fourth-order valence-electron chi connectivity index (χ4n) is 12.8. The van der Waals surface area contributed by atoms with Crippen LogP contribution < -0.4 is 0 Å². The highest BCUT2D eigenvalue weighted by molar-refractivity contribution is 5.47. The molecular formula is C93H105N9O14. The van der Waals surface area contributed by atoms with E-state index < -0.39 is 22.4 Å². The predicted molar refractivity (Wildman–Crippen MR) is 441 cm³/mol. The first-order valence-electron chi connectivity index (χ1n) is 39.5. The van der Waals surface area contributed by atoms with Crippen molar-refractivity contribution in [1.82, 2.24) is 20.3 Å². The first kappa shape index (κ1) is 90.2. The van der Waals surface area contributed by atoms with E-state index in [1.54, 1.807) is 0 Å². The monoisotopic (exact) mass is 1570 g/mol. The summed E-state index contributed by atoms with van der Waals surface area (Å²) in [7, 11) is 0. The average Bonchev–Trinajstić information content (AvgIpc) is 1.46. The Kier molecular flexibility index (Phi) is 39.0. The SMILES string of the molecule is CCC(C#N)CC(C)c1nc(C(OCCOCCOCCOCCOC(c2ccccc2)(c2ccccc2)c2noc(C(C)CC(C#N)CC)n2)(c2ccccc2)c2ccccc2)no1.CCC(C)C#N.[O-][N+]#CC(OCCOCCOCCOCCOC(C#[N+][O-])(c1ccccc1)c1ccccc1)(c1ccccc1)c1ccccc1. The van der Waals surface area contributed by atoms with Gasteiger partial charge >= 0.3 is 12.1 Å². The Bertz CT molecular complexity index is 4170. The normalized spacial score (nSPS) is 12.7. The lowest BCUT2D eigenvalue weighted by Crippen LogP contribution is -2.35. The predicted octanol–water partition coefficient (Wildman–Crippen LogP) is 18.1. The second-order valence-electron chi connectivity index (χ2n) is 27.2. The number of nitrogens with zero attached hydrogens (tertiary/aromatic N) is 9. The van der Waals surface area contributed by atoms with E-state index in [-0.39, 0.29) is 69.2 Å². The van der Waals surface area contributed by atoms with E-state index in [0.29, 0.717) is 102 Å². The summed E-state index contributed by atoms with van der Waals surface area (Å²) in [4.78, 5) is 9.79.